The summed E-state index contributed by atoms with van der Waals surface area (Å²) in [5.74, 6) is 0. The smallest absolute Gasteiger partial charge is 0.0603 e. The molecule has 1 N–H and O–H groups in total. The Bertz CT molecular complexity index is 517. The van der Waals surface area contributed by atoms with Gasteiger partial charge in [0.25, 0.3) is 0 Å². The predicted octanol–water partition coefficient (Wildman–Crippen LogP) is 3.38. The van der Waals surface area contributed by atoms with Crippen molar-refractivity contribution in [3.05, 3.63) is 51.0 Å². The molecule has 0 aliphatic heterocycles. The van der Waals surface area contributed by atoms with Crippen molar-refractivity contribution in [2.75, 3.05) is 7.05 Å². The molecule has 90 valence electrons. The summed E-state index contributed by atoms with van der Waals surface area (Å²) in [4.78, 5) is 5.91. The van der Waals surface area contributed by atoms with E-state index in [4.69, 9.17) is 0 Å². The molecule has 17 heavy (non-hydrogen) atoms. The molecule has 2 heterocycles. The number of rotatable bonds is 3. The van der Waals surface area contributed by atoms with E-state index in [9.17, 15) is 0 Å². The number of aryl methyl sites for hydroxylation is 3. The first-order chi connectivity index (χ1) is 8.13. The SMILES string of the molecule is CNC(c1ccc(C)nc1C)c1ccsc1C. The molecule has 0 radical (unpaired) electrons. The Kier molecular flexibility index (Phi) is 3.60. The van der Waals surface area contributed by atoms with Crippen LogP contribution >= 0.6 is 11.3 Å². The number of pyridine rings is 1. The van der Waals surface area contributed by atoms with E-state index in [2.05, 4.69) is 47.7 Å². The van der Waals surface area contributed by atoms with Crippen LogP contribution in [0.1, 0.15) is 33.4 Å². The van der Waals surface area contributed by atoms with Crippen LogP contribution in [-0.2, 0) is 0 Å². The molecular formula is C14H18N2S. The summed E-state index contributed by atoms with van der Waals surface area (Å²) >= 11 is 1.79. The molecule has 3 heteroatoms. The molecule has 0 bridgehead atoms. The molecule has 2 aromatic rings. The molecule has 2 nitrogen and oxygen atoms in total. The number of hydrogen-bond donors (Lipinski definition) is 1. The Balaban J connectivity index is 2.46. The third-order valence-corrected chi connectivity index (χ3v) is 3.94. The quantitative estimate of drug-likeness (QED) is 0.898. The van der Waals surface area contributed by atoms with Gasteiger partial charge in [0.15, 0.2) is 0 Å². The average Bonchev–Trinajstić information content (AvgIpc) is 2.69. The van der Waals surface area contributed by atoms with Gasteiger partial charge in [0.1, 0.15) is 0 Å². The molecule has 0 aliphatic carbocycles. The Morgan fingerprint density at radius 3 is 2.41 bits per heavy atom. The van der Waals surface area contributed by atoms with E-state index < -0.39 is 0 Å². The van der Waals surface area contributed by atoms with Crippen molar-refractivity contribution in [1.29, 1.82) is 0 Å². The summed E-state index contributed by atoms with van der Waals surface area (Å²) in [5.41, 5.74) is 4.80. The van der Waals surface area contributed by atoms with Gasteiger partial charge in [0.2, 0.25) is 0 Å². The predicted molar refractivity (Wildman–Crippen MR) is 73.7 cm³/mol. The monoisotopic (exact) mass is 246 g/mol. The summed E-state index contributed by atoms with van der Waals surface area (Å²) in [5, 5.41) is 5.53. The molecule has 0 aliphatic rings. The molecule has 1 atom stereocenters. The minimum Gasteiger partial charge on any atom is -0.309 e. The highest BCUT2D eigenvalue weighted by molar-refractivity contribution is 7.10. The van der Waals surface area contributed by atoms with Crippen LogP contribution in [0.15, 0.2) is 23.6 Å². The first-order valence-electron chi connectivity index (χ1n) is 5.79. The summed E-state index contributed by atoms with van der Waals surface area (Å²) in [7, 11) is 2.00. The van der Waals surface area contributed by atoms with E-state index in [-0.39, 0.29) is 6.04 Å². The van der Waals surface area contributed by atoms with Crippen LogP contribution in [0.2, 0.25) is 0 Å². The lowest BCUT2D eigenvalue weighted by Crippen LogP contribution is -2.19. The van der Waals surface area contributed by atoms with Crippen LogP contribution in [0.3, 0.4) is 0 Å². The van der Waals surface area contributed by atoms with Gasteiger partial charge in [0, 0.05) is 16.3 Å². The molecule has 2 rings (SSSR count). The second-order valence-electron chi connectivity index (χ2n) is 4.28. The molecule has 0 spiro atoms. The molecule has 1 unspecified atom stereocenters. The molecule has 0 aromatic carbocycles. The van der Waals surface area contributed by atoms with E-state index in [1.807, 2.05) is 14.0 Å². The normalized spacial score (nSPS) is 12.7. The number of nitrogens with zero attached hydrogens (tertiary/aromatic N) is 1. The van der Waals surface area contributed by atoms with Crippen molar-refractivity contribution < 1.29 is 0 Å². The molecular weight excluding hydrogens is 228 g/mol. The zero-order chi connectivity index (χ0) is 12.4. The van der Waals surface area contributed by atoms with E-state index in [1.165, 1.54) is 16.0 Å². The first-order valence-corrected chi connectivity index (χ1v) is 6.67. The van der Waals surface area contributed by atoms with Gasteiger partial charge in [-0.25, -0.2) is 0 Å². The lowest BCUT2D eigenvalue weighted by Gasteiger charge is -2.18. The molecule has 0 fully saturated rings. The largest absolute Gasteiger partial charge is 0.309 e. The fourth-order valence-corrected chi connectivity index (χ4v) is 2.92. The van der Waals surface area contributed by atoms with Crippen LogP contribution in [0.5, 0.6) is 0 Å². The Morgan fingerprint density at radius 1 is 1.12 bits per heavy atom. The van der Waals surface area contributed by atoms with Crippen molar-refractivity contribution in [3.8, 4) is 0 Å². The lowest BCUT2D eigenvalue weighted by molar-refractivity contribution is 0.681. The van der Waals surface area contributed by atoms with Gasteiger partial charge in [-0.05, 0) is 56.5 Å². The van der Waals surface area contributed by atoms with E-state index in [1.54, 1.807) is 11.3 Å². The van der Waals surface area contributed by atoms with Crippen LogP contribution < -0.4 is 5.32 Å². The minimum absolute atomic E-state index is 0.245. The van der Waals surface area contributed by atoms with E-state index >= 15 is 0 Å². The average molecular weight is 246 g/mol. The van der Waals surface area contributed by atoms with E-state index in [0.29, 0.717) is 0 Å². The Labute approximate surface area is 107 Å². The van der Waals surface area contributed by atoms with Crippen molar-refractivity contribution in [3.63, 3.8) is 0 Å². The highest BCUT2D eigenvalue weighted by Gasteiger charge is 2.17. The third kappa shape index (κ3) is 2.40. The molecule has 0 amide bonds. The minimum atomic E-state index is 0.245. The van der Waals surface area contributed by atoms with Crippen molar-refractivity contribution in [2.24, 2.45) is 0 Å². The van der Waals surface area contributed by atoms with Crippen molar-refractivity contribution >= 4 is 11.3 Å². The number of aromatic nitrogens is 1. The fraction of sp³-hybridized carbons (Fsp3) is 0.357. The van der Waals surface area contributed by atoms with Crippen LogP contribution in [0.4, 0.5) is 0 Å². The molecule has 0 saturated carbocycles. The lowest BCUT2D eigenvalue weighted by atomic mass is 9.98. The Morgan fingerprint density at radius 2 is 1.88 bits per heavy atom. The fourth-order valence-electron chi connectivity index (χ4n) is 2.18. The van der Waals surface area contributed by atoms with Crippen LogP contribution in [0.25, 0.3) is 0 Å². The zero-order valence-corrected chi connectivity index (χ0v) is 11.6. The third-order valence-electron chi connectivity index (χ3n) is 3.08. The second kappa shape index (κ2) is 4.98. The van der Waals surface area contributed by atoms with Gasteiger partial charge < -0.3 is 5.32 Å². The molecule has 2 aromatic heterocycles. The summed E-state index contributed by atoms with van der Waals surface area (Å²) < 4.78 is 0. The van der Waals surface area contributed by atoms with Crippen LogP contribution in [-0.4, -0.2) is 12.0 Å². The van der Waals surface area contributed by atoms with Gasteiger partial charge in [-0.2, -0.15) is 0 Å². The van der Waals surface area contributed by atoms with Crippen LogP contribution in [0, 0.1) is 20.8 Å². The van der Waals surface area contributed by atoms with Crippen molar-refractivity contribution in [1.82, 2.24) is 10.3 Å². The van der Waals surface area contributed by atoms with Gasteiger partial charge >= 0.3 is 0 Å². The van der Waals surface area contributed by atoms with Crippen molar-refractivity contribution in [2.45, 2.75) is 26.8 Å². The van der Waals surface area contributed by atoms with E-state index in [0.717, 1.165) is 11.4 Å². The maximum absolute atomic E-state index is 4.55. The molecule has 0 saturated heterocycles. The number of thiophene rings is 1. The number of hydrogen-bond acceptors (Lipinski definition) is 3. The Hall–Kier alpha value is -1.19. The summed E-state index contributed by atoms with van der Waals surface area (Å²) in [6, 6.07) is 6.69. The van der Waals surface area contributed by atoms with Gasteiger partial charge in [-0.1, -0.05) is 6.07 Å². The van der Waals surface area contributed by atoms with Gasteiger partial charge in [-0.3, -0.25) is 4.98 Å². The summed E-state index contributed by atoms with van der Waals surface area (Å²) in [6.07, 6.45) is 0. The second-order valence-corrected chi connectivity index (χ2v) is 5.40. The zero-order valence-electron chi connectivity index (χ0n) is 10.7. The van der Waals surface area contributed by atoms with Gasteiger partial charge in [-0.15, -0.1) is 11.3 Å². The summed E-state index contributed by atoms with van der Waals surface area (Å²) in [6.45, 7) is 6.27. The first kappa shape index (κ1) is 12.3. The number of nitrogens with one attached hydrogen (secondary N) is 1. The highest BCUT2D eigenvalue weighted by atomic mass is 32.1. The maximum Gasteiger partial charge on any atom is 0.0603 e. The maximum atomic E-state index is 4.55. The highest BCUT2D eigenvalue weighted by Crippen LogP contribution is 2.29. The van der Waals surface area contributed by atoms with Gasteiger partial charge in [0.05, 0.1) is 6.04 Å². The topological polar surface area (TPSA) is 24.9 Å². The standard InChI is InChI=1S/C14H18N2S/c1-9-5-6-12(10(2)16-9)14(15-4)13-7-8-17-11(13)3/h5-8,14-15H,1-4H3.